The smallest absolute Gasteiger partial charge is 0.252 e. The largest absolute Gasteiger partial charge is 0.311 e. The number of nitrogens with zero attached hydrogens (tertiary/aromatic N) is 2. The molecule has 10 aromatic rings. The first-order chi connectivity index (χ1) is 32.5. The minimum atomic E-state index is -0.0287. The lowest BCUT2D eigenvalue weighted by Crippen LogP contribution is -2.61. The van der Waals surface area contributed by atoms with Crippen LogP contribution in [0.1, 0.15) is 16.7 Å². The Balaban J connectivity index is 1.14. The van der Waals surface area contributed by atoms with Crippen LogP contribution in [0.3, 0.4) is 0 Å². The predicted octanol–water partition coefficient (Wildman–Crippen LogP) is 15.0. The first-order valence-corrected chi connectivity index (χ1v) is 23.0. The average molecular weight is 843 g/mol. The second-order valence-electron chi connectivity index (χ2n) is 17.9. The third-order valence-electron chi connectivity index (χ3n) is 13.7. The molecule has 3 heteroatoms. The minimum absolute atomic E-state index is 0.0287. The van der Waals surface area contributed by atoms with Gasteiger partial charge < -0.3 is 9.80 Å². The number of para-hydroxylation sites is 1. The second-order valence-corrected chi connectivity index (χ2v) is 17.9. The van der Waals surface area contributed by atoms with Crippen LogP contribution >= 0.6 is 0 Å². The van der Waals surface area contributed by atoms with E-state index in [4.69, 9.17) is 0 Å². The molecule has 0 spiro atoms. The van der Waals surface area contributed by atoms with Crippen LogP contribution in [-0.4, -0.2) is 6.71 Å². The topological polar surface area (TPSA) is 6.48 Å². The Morgan fingerprint density at radius 1 is 0.303 bits per heavy atom. The van der Waals surface area contributed by atoms with E-state index in [1.807, 2.05) is 0 Å². The van der Waals surface area contributed by atoms with Crippen LogP contribution in [0.15, 0.2) is 231 Å². The van der Waals surface area contributed by atoms with E-state index in [2.05, 4.69) is 261 Å². The highest BCUT2D eigenvalue weighted by Crippen LogP contribution is 2.48. The third-order valence-corrected chi connectivity index (χ3v) is 13.7. The van der Waals surface area contributed by atoms with Crippen LogP contribution < -0.4 is 26.2 Å². The zero-order valence-electron chi connectivity index (χ0n) is 37.4. The molecule has 0 unspecified atom stereocenters. The summed E-state index contributed by atoms with van der Waals surface area (Å²) < 4.78 is 0. The van der Waals surface area contributed by atoms with Crippen LogP contribution in [0.5, 0.6) is 0 Å². The van der Waals surface area contributed by atoms with Crippen molar-refractivity contribution in [1.29, 1.82) is 0 Å². The molecule has 10 aromatic carbocycles. The van der Waals surface area contributed by atoms with Crippen molar-refractivity contribution in [1.82, 2.24) is 0 Å². The van der Waals surface area contributed by atoms with Crippen molar-refractivity contribution < 1.29 is 0 Å². The third kappa shape index (κ3) is 6.66. The normalized spacial score (nSPS) is 12.4. The maximum atomic E-state index is 2.54. The molecule has 66 heavy (non-hydrogen) atoms. The number of fused-ring (bicyclic) bond motifs is 4. The lowest BCUT2D eigenvalue weighted by Gasteiger charge is -2.44. The van der Waals surface area contributed by atoms with Crippen molar-refractivity contribution in [2.45, 2.75) is 20.8 Å². The highest BCUT2D eigenvalue weighted by molar-refractivity contribution is 7.00. The Bertz CT molecular complexity index is 3390. The van der Waals surface area contributed by atoms with Crippen molar-refractivity contribution in [3.63, 3.8) is 0 Å². The van der Waals surface area contributed by atoms with Gasteiger partial charge in [0.2, 0.25) is 0 Å². The molecule has 0 saturated carbocycles. The summed E-state index contributed by atoms with van der Waals surface area (Å²) in [5.41, 5.74) is 27.0. The van der Waals surface area contributed by atoms with Crippen LogP contribution in [0, 0.1) is 20.8 Å². The summed E-state index contributed by atoms with van der Waals surface area (Å²) in [4.78, 5) is 5.07. The van der Waals surface area contributed by atoms with E-state index in [1.54, 1.807) is 0 Å². The number of rotatable bonds is 7. The van der Waals surface area contributed by atoms with Crippen LogP contribution in [0.25, 0.3) is 55.6 Å². The summed E-state index contributed by atoms with van der Waals surface area (Å²) in [5, 5.41) is 0. The monoisotopic (exact) mass is 842 g/mol. The molecule has 0 aromatic heterocycles. The van der Waals surface area contributed by atoms with Gasteiger partial charge in [-0.1, -0.05) is 188 Å². The van der Waals surface area contributed by atoms with Crippen LogP contribution in [0.2, 0.25) is 0 Å². The van der Waals surface area contributed by atoms with Gasteiger partial charge in [-0.05, 0) is 152 Å². The Hall–Kier alpha value is -8.14. The van der Waals surface area contributed by atoms with Crippen LogP contribution in [0.4, 0.5) is 34.1 Å². The summed E-state index contributed by atoms with van der Waals surface area (Å²) in [6, 6.07) is 85.3. The van der Waals surface area contributed by atoms with E-state index in [-0.39, 0.29) is 6.71 Å². The van der Waals surface area contributed by atoms with Crippen molar-refractivity contribution in [3.8, 4) is 55.6 Å². The number of aryl methyl sites for hydroxylation is 3. The molecule has 2 aliphatic rings. The van der Waals surface area contributed by atoms with Gasteiger partial charge in [0.1, 0.15) is 0 Å². The molecule has 0 fully saturated rings. The number of anilines is 6. The number of hydrogen-bond acceptors (Lipinski definition) is 2. The van der Waals surface area contributed by atoms with Crippen LogP contribution in [-0.2, 0) is 0 Å². The van der Waals surface area contributed by atoms with Crippen molar-refractivity contribution >= 4 is 57.2 Å². The Labute approximate surface area is 388 Å². The van der Waals surface area contributed by atoms with Crippen molar-refractivity contribution in [2.24, 2.45) is 0 Å². The Kier molecular flexibility index (Phi) is 9.65. The lowest BCUT2D eigenvalue weighted by molar-refractivity contribution is 1.25. The molecule has 2 heterocycles. The fraction of sp³-hybridized carbons (Fsp3) is 0.0476. The summed E-state index contributed by atoms with van der Waals surface area (Å²) in [7, 11) is 0. The Morgan fingerprint density at radius 2 is 0.727 bits per heavy atom. The molecular formula is C63H47BN2. The van der Waals surface area contributed by atoms with Gasteiger partial charge in [0.25, 0.3) is 6.71 Å². The highest BCUT2D eigenvalue weighted by atomic mass is 15.2. The quantitative estimate of drug-likeness (QED) is 0.148. The predicted molar refractivity (Wildman–Crippen MR) is 282 cm³/mol. The van der Waals surface area contributed by atoms with Gasteiger partial charge in [0.05, 0.1) is 0 Å². The fourth-order valence-corrected chi connectivity index (χ4v) is 10.9. The van der Waals surface area contributed by atoms with Gasteiger partial charge in [0.15, 0.2) is 0 Å². The lowest BCUT2D eigenvalue weighted by atomic mass is 9.33. The maximum Gasteiger partial charge on any atom is 0.252 e. The van der Waals surface area contributed by atoms with E-state index in [0.29, 0.717) is 0 Å². The number of hydrogen-bond donors (Lipinski definition) is 0. The van der Waals surface area contributed by atoms with Gasteiger partial charge in [-0.15, -0.1) is 0 Å². The summed E-state index contributed by atoms with van der Waals surface area (Å²) in [6.07, 6.45) is 0. The zero-order valence-corrected chi connectivity index (χ0v) is 37.4. The fourth-order valence-electron chi connectivity index (χ4n) is 10.9. The summed E-state index contributed by atoms with van der Waals surface area (Å²) in [6.45, 7) is 6.71. The highest BCUT2D eigenvalue weighted by Gasteiger charge is 2.44. The summed E-state index contributed by atoms with van der Waals surface area (Å²) >= 11 is 0. The molecule has 312 valence electrons. The maximum absolute atomic E-state index is 2.54. The molecule has 0 N–H and O–H groups in total. The molecule has 0 amide bonds. The average Bonchev–Trinajstić information content (AvgIpc) is 3.37. The van der Waals surface area contributed by atoms with Crippen molar-refractivity contribution in [3.05, 3.63) is 247 Å². The van der Waals surface area contributed by atoms with Gasteiger partial charge in [0, 0.05) is 34.1 Å². The molecule has 0 aliphatic carbocycles. The van der Waals surface area contributed by atoms with E-state index in [0.717, 1.165) is 11.4 Å². The minimum Gasteiger partial charge on any atom is -0.311 e. The molecular weight excluding hydrogens is 796 g/mol. The molecule has 0 radical (unpaired) electrons. The molecule has 2 aliphatic heterocycles. The molecule has 0 bridgehead atoms. The standard InChI is InChI=1S/C63H47BN2/c1-42-37-43(2)62(44(3)38-42)51-40-60-63-61(41-51)66(53-34-29-48(30-35-53)46-19-9-5-10-20-46)59-36-31-50(55-24-14-13-23-54(55)49-21-11-6-12-22-49)39-57(59)64(63)56-25-15-16-26-58(56)65(60)52-32-27-47(28-33-52)45-17-7-4-8-18-45/h4-41H,1-3H3. The van der Waals surface area contributed by atoms with Gasteiger partial charge >= 0.3 is 0 Å². The SMILES string of the molecule is Cc1cc(C)c(-c2cc3c4c(c2)N(c2ccc(-c5ccccc5)cc2)c2ccc(-c5ccccc5-c5ccccc5)cc2B4c2ccccc2N3c2ccc(-c3ccccc3)cc2)c(C)c1. The van der Waals surface area contributed by atoms with Gasteiger partial charge in [-0.25, -0.2) is 0 Å². The van der Waals surface area contributed by atoms with E-state index < -0.39 is 0 Å². The number of benzene rings is 10. The molecule has 0 saturated heterocycles. The van der Waals surface area contributed by atoms with Crippen molar-refractivity contribution in [2.75, 3.05) is 9.80 Å². The molecule has 12 rings (SSSR count). The second kappa shape index (κ2) is 16.1. The Morgan fingerprint density at radius 3 is 1.27 bits per heavy atom. The van der Waals surface area contributed by atoms with Gasteiger partial charge in [-0.3, -0.25) is 0 Å². The van der Waals surface area contributed by atoms with E-state index in [9.17, 15) is 0 Å². The van der Waals surface area contributed by atoms with E-state index >= 15 is 0 Å². The summed E-state index contributed by atoms with van der Waals surface area (Å²) in [5.74, 6) is 0. The first-order valence-electron chi connectivity index (χ1n) is 23.0. The molecule has 0 atom stereocenters. The zero-order chi connectivity index (χ0) is 44.3. The van der Waals surface area contributed by atoms with Gasteiger partial charge in [-0.2, -0.15) is 0 Å². The van der Waals surface area contributed by atoms with E-state index in [1.165, 1.54) is 111 Å². The molecule has 2 nitrogen and oxygen atoms in total. The first kappa shape index (κ1) is 39.5.